The molecule has 4 aromatic rings. The monoisotopic (exact) mass is 671 g/mol. The fourth-order valence-electron chi connectivity index (χ4n) is 6.58. The molecular weight excluding hydrogens is 630 g/mol. The van der Waals surface area contributed by atoms with Crippen LogP contribution in [0.15, 0.2) is 59.2 Å². The Hall–Kier alpha value is -3.27. The largest absolute Gasteiger partial charge is 0.371 e. The number of amides is 1. The van der Waals surface area contributed by atoms with Gasteiger partial charge in [-0.05, 0) is 104 Å². The summed E-state index contributed by atoms with van der Waals surface area (Å²) < 4.78 is 6.94. The standard InChI is InChI=1S/C35H42BrN5O2Si/c1-23-17-24(2)32-29(18-23)31(19-25(3)38-32)39-27-7-9-28(10-8-27)40-13-11-35(12-14-40)30-20-26(36)21-37-33(30)41(34(35)42)22-43-15-16-44(4,5)6/h7-10,17-21H,11-16,22H2,1-6H3,(H,38,39). The molecule has 6 rings (SSSR count). The number of piperidine rings is 1. The first-order valence-electron chi connectivity index (χ1n) is 15.5. The summed E-state index contributed by atoms with van der Waals surface area (Å²) in [4.78, 5) is 27.7. The molecule has 4 heterocycles. The van der Waals surface area contributed by atoms with Crippen LogP contribution in [0.2, 0.25) is 25.7 Å². The van der Waals surface area contributed by atoms with Crippen LogP contribution in [0.3, 0.4) is 0 Å². The summed E-state index contributed by atoms with van der Waals surface area (Å²) in [5.74, 6) is 0.870. The van der Waals surface area contributed by atoms with Crippen molar-refractivity contribution in [1.29, 1.82) is 0 Å². The lowest BCUT2D eigenvalue weighted by molar-refractivity contribution is -0.125. The number of hydrogen-bond donors (Lipinski definition) is 1. The molecule has 7 nitrogen and oxygen atoms in total. The normalized spacial score (nSPS) is 16.2. The van der Waals surface area contributed by atoms with Crippen LogP contribution in [0.5, 0.6) is 0 Å². The van der Waals surface area contributed by atoms with Crippen molar-refractivity contribution in [1.82, 2.24) is 9.97 Å². The third-order valence-corrected chi connectivity index (χ3v) is 11.1. The first-order valence-corrected chi connectivity index (χ1v) is 20.0. The lowest BCUT2D eigenvalue weighted by Gasteiger charge is -2.39. The Kier molecular flexibility index (Phi) is 8.32. The van der Waals surface area contributed by atoms with E-state index in [1.54, 1.807) is 11.1 Å². The minimum Gasteiger partial charge on any atom is -0.371 e. The van der Waals surface area contributed by atoms with Crippen molar-refractivity contribution in [3.63, 3.8) is 0 Å². The third-order valence-electron chi connectivity index (χ3n) is 8.98. The number of halogens is 1. The van der Waals surface area contributed by atoms with Gasteiger partial charge in [0.2, 0.25) is 5.91 Å². The van der Waals surface area contributed by atoms with Gasteiger partial charge in [-0.2, -0.15) is 0 Å². The van der Waals surface area contributed by atoms with Gasteiger partial charge in [-0.25, -0.2) is 4.98 Å². The topological polar surface area (TPSA) is 70.6 Å². The fourth-order valence-corrected chi connectivity index (χ4v) is 7.66. The summed E-state index contributed by atoms with van der Waals surface area (Å²) in [5.41, 5.74) is 8.18. The Morgan fingerprint density at radius 1 is 1.02 bits per heavy atom. The van der Waals surface area contributed by atoms with E-state index in [1.165, 1.54) is 11.1 Å². The van der Waals surface area contributed by atoms with Crippen molar-refractivity contribution < 1.29 is 9.53 Å². The molecule has 2 aliphatic heterocycles. The smallest absolute Gasteiger partial charge is 0.241 e. The van der Waals surface area contributed by atoms with E-state index in [4.69, 9.17) is 9.72 Å². The minimum atomic E-state index is -1.21. The van der Waals surface area contributed by atoms with Gasteiger partial charge in [0, 0.05) is 72.1 Å². The second kappa shape index (κ2) is 11.9. The SMILES string of the molecule is Cc1cc(C)c2nc(C)cc(Nc3ccc(N4CCC5(CC4)C(=O)N(COCC[Si](C)(C)C)c4ncc(Br)cc45)cc3)c2c1. The molecule has 0 radical (unpaired) electrons. The third kappa shape index (κ3) is 6.02. The summed E-state index contributed by atoms with van der Waals surface area (Å²) >= 11 is 3.60. The zero-order valence-electron chi connectivity index (χ0n) is 26.6. The highest BCUT2D eigenvalue weighted by Crippen LogP contribution is 2.48. The number of nitrogens with zero attached hydrogens (tertiary/aromatic N) is 4. The molecule has 1 saturated heterocycles. The van der Waals surface area contributed by atoms with Crippen LogP contribution in [-0.4, -0.2) is 50.4 Å². The van der Waals surface area contributed by atoms with E-state index in [2.05, 4.69) is 113 Å². The van der Waals surface area contributed by atoms with Gasteiger partial charge in [0.15, 0.2) is 0 Å². The summed E-state index contributed by atoms with van der Waals surface area (Å²) in [6, 6.07) is 18.3. The number of ether oxygens (including phenoxy) is 1. The molecule has 2 aromatic heterocycles. The second-order valence-corrected chi connectivity index (χ2v) is 20.2. The van der Waals surface area contributed by atoms with Crippen LogP contribution >= 0.6 is 15.9 Å². The Balaban J connectivity index is 1.16. The lowest BCUT2D eigenvalue weighted by Crippen LogP contribution is -2.49. The quantitative estimate of drug-likeness (QED) is 0.150. The Morgan fingerprint density at radius 2 is 1.75 bits per heavy atom. The minimum absolute atomic E-state index is 0.121. The number of benzene rings is 2. The van der Waals surface area contributed by atoms with Crippen LogP contribution in [0, 0.1) is 20.8 Å². The van der Waals surface area contributed by atoms with Crippen LogP contribution < -0.4 is 15.1 Å². The predicted octanol–water partition coefficient (Wildman–Crippen LogP) is 8.26. The van der Waals surface area contributed by atoms with E-state index in [-0.39, 0.29) is 12.6 Å². The number of aryl methyl sites for hydroxylation is 3. The molecule has 230 valence electrons. The molecular formula is C35H42BrN5O2Si. The average Bonchev–Trinajstić information content (AvgIpc) is 3.18. The van der Waals surface area contributed by atoms with Gasteiger partial charge < -0.3 is 15.0 Å². The maximum atomic E-state index is 14.0. The fraction of sp³-hybridized carbons (Fsp3) is 0.400. The highest BCUT2D eigenvalue weighted by molar-refractivity contribution is 9.10. The van der Waals surface area contributed by atoms with Gasteiger partial charge >= 0.3 is 0 Å². The summed E-state index contributed by atoms with van der Waals surface area (Å²) in [5, 5.41) is 4.77. The van der Waals surface area contributed by atoms with Gasteiger partial charge in [-0.1, -0.05) is 31.3 Å². The van der Waals surface area contributed by atoms with E-state index in [9.17, 15) is 4.79 Å². The van der Waals surface area contributed by atoms with Crippen LogP contribution in [0.1, 0.15) is 35.2 Å². The van der Waals surface area contributed by atoms with Crippen LogP contribution in [-0.2, 0) is 14.9 Å². The molecule has 9 heteroatoms. The zero-order valence-corrected chi connectivity index (χ0v) is 29.2. The highest BCUT2D eigenvalue weighted by atomic mass is 79.9. The maximum absolute atomic E-state index is 14.0. The van der Waals surface area contributed by atoms with E-state index in [1.807, 2.05) is 6.92 Å². The lowest BCUT2D eigenvalue weighted by atomic mass is 9.74. The molecule has 2 aliphatic rings. The van der Waals surface area contributed by atoms with E-state index >= 15 is 0 Å². The maximum Gasteiger partial charge on any atom is 0.241 e. The Labute approximate surface area is 270 Å². The molecule has 1 fully saturated rings. The van der Waals surface area contributed by atoms with Gasteiger partial charge in [-0.3, -0.25) is 14.7 Å². The number of fused-ring (bicyclic) bond motifs is 3. The number of hydrogen-bond acceptors (Lipinski definition) is 6. The van der Waals surface area contributed by atoms with E-state index in [0.29, 0.717) is 6.61 Å². The number of carbonyl (C=O) groups is 1. The molecule has 2 aromatic carbocycles. The number of nitrogens with one attached hydrogen (secondary N) is 1. The molecule has 1 spiro atoms. The average molecular weight is 673 g/mol. The Morgan fingerprint density at radius 3 is 2.45 bits per heavy atom. The first kappa shape index (κ1) is 30.7. The number of carbonyl (C=O) groups excluding carboxylic acids is 1. The Bertz CT molecular complexity index is 1710. The van der Waals surface area contributed by atoms with Crippen molar-refractivity contribution in [3.8, 4) is 0 Å². The number of rotatable bonds is 8. The van der Waals surface area contributed by atoms with Crippen molar-refractivity contribution >= 4 is 63.7 Å². The van der Waals surface area contributed by atoms with Gasteiger partial charge in [-0.15, -0.1) is 0 Å². The van der Waals surface area contributed by atoms with Crippen molar-refractivity contribution in [2.75, 3.05) is 41.5 Å². The predicted molar refractivity (Wildman–Crippen MR) is 187 cm³/mol. The highest BCUT2D eigenvalue weighted by Gasteiger charge is 2.53. The summed E-state index contributed by atoms with van der Waals surface area (Å²) in [6.45, 7) is 15.8. The molecule has 1 amide bonds. The van der Waals surface area contributed by atoms with Crippen molar-refractivity contribution in [3.05, 3.63) is 81.6 Å². The van der Waals surface area contributed by atoms with Gasteiger partial charge in [0.25, 0.3) is 0 Å². The number of aromatic nitrogens is 2. The second-order valence-electron chi connectivity index (χ2n) is 13.6. The summed E-state index contributed by atoms with van der Waals surface area (Å²) in [7, 11) is -1.21. The van der Waals surface area contributed by atoms with E-state index in [0.717, 1.165) is 81.5 Å². The number of anilines is 4. The van der Waals surface area contributed by atoms with Gasteiger partial charge in [0.05, 0.1) is 10.9 Å². The first-order chi connectivity index (χ1) is 20.9. The summed E-state index contributed by atoms with van der Waals surface area (Å²) in [6.07, 6.45) is 3.26. The van der Waals surface area contributed by atoms with E-state index < -0.39 is 13.5 Å². The molecule has 0 unspecified atom stereocenters. The molecule has 44 heavy (non-hydrogen) atoms. The molecule has 0 saturated carbocycles. The van der Waals surface area contributed by atoms with Gasteiger partial charge in [0.1, 0.15) is 12.5 Å². The van der Waals surface area contributed by atoms with Crippen molar-refractivity contribution in [2.24, 2.45) is 0 Å². The van der Waals surface area contributed by atoms with Crippen molar-refractivity contribution in [2.45, 2.75) is 64.7 Å². The number of pyridine rings is 2. The molecule has 0 bridgehead atoms. The molecule has 0 aliphatic carbocycles. The van der Waals surface area contributed by atoms with Crippen LogP contribution in [0.4, 0.5) is 22.9 Å². The molecule has 0 atom stereocenters. The zero-order chi connectivity index (χ0) is 31.2. The molecule has 1 N–H and O–H groups in total. The van der Waals surface area contributed by atoms with Crippen LogP contribution in [0.25, 0.3) is 10.9 Å².